The summed E-state index contributed by atoms with van der Waals surface area (Å²) in [7, 11) is 0. The van der Waals surface area contributed by atoms with E-state index in [0.717, 1.165) is 24.3 Å². The van der Waals surface area contributed by atoms with E-state index >= 15 is 0 Å². The van der Waals surface area contributed by atoms with E-state index in [9.17, 15) is 10.1 Å². The Morgan fingerprint density at radius 3 is 2.58 bits per heavy atom. The number of ether oxygens (including phenoxy) is 1. The number of alkyl halides is 1. The van der Waals surface area contributed by atoms with Crippen LogP contribution >= 0.6 is 15.9 Å². The Labute approximate surface area is 120 Å². The van der Waals surface area contributed by atoms with Gasteiger partial charge in [0.2, 0.25) is 0 Å². The minimum Gasteiger partial charge on any atom is -0.372 e. The summed E-state index contributed by atoms with van der Waals surface area (Å²) < 4.78 is 5.71. The second-order valence-corrected chi connectivity index (χ2v) is 5.43. The van der Waals surface area contributed by atoms with Crippen LogP contribution in [0.15, 0.2) is 18.2 Å². The molecule has 0 amide bonds. The molecule has 104 valence electrons. The lowest BCUT2D eigenvalue weighted by molar-refractivity contribution is -0.384. The molecule has 1 aliphatic rings. The van der Waals surface area contributed by atoms with Gasteiger partial charge in [0.15, 0.2) is 0 Å². The SMILES string of the molecule is CC1CN(c2ccc([N+](=O)[O-])cc2CBr)CC(C)O1. The fraction of sp³-hybridized carbons (Fsp3) is 0.538. The van der Waals surface area contributed by atoms with Gasteiger partial charge in [-0.25, -0.2) is 0 Å². The molecular weight excluding hydrogens is 312 g/mol. The van der Waals surface area contributed by atoms with Crippen molar-refractivity contribution in [2.45, 2.75) is 31.4 Å². The van der Waals surface area contributed by atoms with Gasteiger partial charge in [-0.1, -0.05) is 15.9 Å². The standard InChI is InChI=1S/C13H17BrN2O3/c1-9-7-15(8-10(2)19-9)13-4-3-12(16(17)18)5-11(13)6-14/h3-5,9-10H,6-8H2,1-2H3. The Hall–Kier alpha value is -1.14. The van der Waals surface area contributed by atoms with Gasteiger partial charge in [-0.15, -0.1) is 0 Å². The van der Waals surface area contributed by atoms with Gasteiger partial charge in [0.1, 0.15) is 0 Å². The molecule has 1 aliphatic heterocycles. The van der Waals surface area contributed by atoms with Gasteiger partial charge in [0, 0.05) is 36.2 Å². The maximum Gasteiger partial charge on any atom is 0.269 e. The summed E-state index contributed by atoms with van der Waals surface area (Å²) in [5.74, 6) is 0. The topological polar surface area (TPSA) is 55.6 Å². The van der Waals surface area contributed by atoms with E-state index < -0.39 is 0 Å². The molecule has 1 aromatic carbocycles. The molecule has 6 heteroatoms. The molecule has 1 fully saturated rings. The Bertz CT molecular complexity index is 471. The largest absolute Gasteiger partial charge is 0.372 e. The monoisotopic (exact) mass is 328 g/mol. The number of nitrogens with zero attached hydrogens (tertiary/aromatic N) is 2. The van der Waals surface area contributed by atoms with Crippen molar-refractivity contribution in [1.82, 2.24) is 0 Å². The van der Waals surface area contributed by atoms with E-state index in [1.807, 2.05) is 19.9 Å². The summed E-state index contributed by atoms with van der Waals surface area (Å²) in [5, 5.41) is 11.4. The fourth-order valence-corrected chi connectivity index (χ4v) is 2.92. The Morgan fingerprint density at radius 1 is 1.42 bits per heavy atom. The van der Waals surface area contributed by atoms with Crippen molar-refractivity contribution in [3.05, 3.63) is 33.9 Å². The first-order chi connectivity index (χ1) is 9.01. The number of morpholine rings is 1. The van der Waals surface area contributed by atoms with E-state index in [4.69, 9.17) is 4.74 Å². The van der Waals surface area contributed by atoms with Gasteiger partial charge in [0.25, 0.3) is 5.69 Å². The van der Waals surface area contributed by atoms with Crippen LogP contribution in [0.25, 0.3) is 0 Å². The number of nitro benzene ring substituents is 1. The lowest BCUT2D eigenvalue weighted by Crippen LogP contribution is -2.45. The Kier molecular flexibility index (Phi) is 4.42. The van der Waals surface area contributed by atoms with Crippen LogP contribution in [-0.4, -0.2) is 30.2 Å². The molecule has 5 nitrogen and oxygen atoms in total. The van der Waals surface area contributed by atoms with Gasteiger partial charge in [-0.05, 0) is 25.5 Å². The molecule has 2 atom stereocenters. The van der Waals surface area contributed by atoms with Gasteiger partial charge >= 0.3 is 0 Å². The highest BCUT2D eigenvalue weighted by Gasteiger charge is 2.24. The first kappa shape index (κ1) is 14.3. The summed E-state index contributed by atoms with van der Waals surface area (Å²) >= 11 is 3.41. The molecule has 0 aromatic heterocycles. The highest BCUT2D eigenvalue weighted by atomic mass is 79.9. The number of anilines is 1. The fourth-order valence-electron chi connectivity index (χ4n) is 2.48. The summed E-state index contributed by atoms with van der Waals surface area (Å²) in [4.78, 5) is 12.7. The number of nitro groups is 1. The molecule has 1 saturated heterocycles. The third-order valence-corrected chi connectivity index (χ3v) is 3.78. The Balaban J connectivity index is 2.30. The Morgan fingerprint density at radius 2 is 2.05 bits per heavy atom. The first-order valence-electron chi connectivity index (χ1n) is 6.25. The van der Waals surface area contributed by atoms with Gasteiger partial charge in [0.05, 0.1) is 17.1 Å². The van der Waals surface area contributed by atoms with E-state index in [0.29, 0.717) is 5.33 Å². The molecule has 2 rings (SSSR count). The van der Waals surface area contributed by atoms with Crippen molar-refractivity contribution in [2.24, 2.45) is 0 Å². The van der Waals surface area contributed by atoms with E-state index in [2.05, 4.69) is 20.8 Å². The second kappa shape index (κ2) is 5.88. The molecule has 1 heterocycles. The van der Waals surface area contributed by atoms with Crippen LogP contribution in [0.3, 0.4) is 0 Å². The van der Waals surface area contributed by atoms with Crippen LogP contribution < -0.4 is 4.90 Å². The van der Waals surface area contributed by atoms with Crippen LogP contribution in [0.1, 0.15) is 19.4 Å². The summed E-state index contributed by atoms with van der Waals surface area (Å²) in [6.45, 7) is 5.70. The minimum absolute atomic E-state index is 0.132. The van der Waals surface area contributed by atoms with Crippen molar-refractivity contribution < 1.29 is 9.66 Å². The molecule has 2 unspecified atom stereocenters. The van der Waals surface area contributed by atoms with Crippen LogP contribution in [0, 0.1) is 10.1 Å². The van der Waals surface area contributed by atoms with Crippen LogP contribution in [0.2, 0.25) is 0 Å². The van der Waals surface area contributed by atoms with Crippen LogP contribution in [-0.2, 0) is 10.1 Å². The first-order valence-corrected chi connectivity index (χ1v) is 7.37. The van der Waals surface area contributed by atoms with Gasteiger partial charge in [-0.2, -0.15) is 0 Å². The van der Waals surface area contributed by atoms with Crippen molar-refractivity contribution in [1.29, 1.82) is 0 Å². The summed E-state index contributed by atoms with van der Waals surface area (Å²) in [5.41, 5.74) is 2.12. The third-order valence-electron chi connectivity index (χ3n) is 3.18. The number of non-ortho nitro benzene ring substituents is 1. The lowest BCUT2D eigenvalue weighted by Gasteiger charge is -2.37. The zero-order valence-corrected chi connectivity index (χ0v) is 12.6. The zero-order chi connectivity index (χ0) is 14.0. The summed E-state index contributed by atoms with van der Waals surface area (Å²) in [6.07, 6.45) is 0.337. The molecule has 0 bridgehead atoms. The maximum atomic E-state index is 10.8. The quantitative estimate of drug-likeness (QED) is 0.486. The maximum absolute atomic E-state index is 10.8. The van der Waals surface area contributed by atoms with Gasteiger partial charge < -0.3 is 9.64 Å². The molecular formula is C13H17BrN2O3. The van der Waals surface area contributed by atoms with Crippen molar-refractivity contribution in [3.8, 4) is 0 Å². The highest BCUT2D eigenvalue weighted by Crippen LogP contribution is 2.29. The predicted octanol–water partition coefficient (Wildman–Crippen LogP) is 3.10. The normalized spacial score (nSPS) is 23.4. The van der Waals surface area contributed by atoms with Crippen LogP contribution in [0.5, 0.6) is 0 Å². The van der Waals surface area contributed by atoms with Crippen molar-refractivity contribution >= 4 is 27.3 Å². The molecule has 0 spiro atoms. The average molecular weight is 329 g/mol. The highest BCUT2D eigenvalue weighted by molar-refractivity contribution is 9.08. The lowest BCUT2D eigenvalue weighted by atomic mass is 10.1. The molecule has 19 heavy (non-hydrogen) atoms. The van der Waals surface area contributed by atoms with Crippen molar-refractivity contribution in [2.75, 3.05) is 18.0 Å². The second-order valence-electron chi connectivity index (χ2n) is 4.87. The number of hydrogen-bond donors (Lipinski definition) is 0. The molecule has 0 aliphatic carbocycles. The van der Waals surface area contributed by atoms with E-state index in [-0.39, 0.29) is 22.8 Å². The van der Waals surface area contributed by atoms with E-state index in [1.54, 1.807) is 12.1 Å². The number of rotatable bonds is 3. The minimum atomic E-state index is -0.361. The van der Waals surface area contributed by atoms with E-state index in [1.165, 1.54) is 0 Å². The summed E-state index contributed by atoms with van der Waals surface area (Å²) in [6, 6.07) is 5.03. The third kappa shape index (κ3) is 3.25. The number of halogens is 1. The number of benzene rings is 1. The smallest absolute Gasteiger partial charge is 0.269 e. The molecule has 0 saturated carbocycles. The van der Waals surface area contributed by atoms with Crippen LogP contribution in [0.4, 0.5) is 11.4 Å². The molecule has 0 N–H and O–H groups in total. The van der Waals surface area contributed by atoms with Crippen molar-refractivity contribution in [3.63, 3.8) is 0 Å². The zero-order valence-electron chi connectivity index (χ0n) is 11.0. The predicted molar refractivity (Wildman–Crippen MR) is 77.9 cm³/mol. The molecule has 1 aromatic rings. The average Bonchev–Trinajstić information content (AvgIpc) is 2.36. The number of hydrogen-bond acceptors (Lipinski definition) is 4. The van der Waals surface area contributed by atoms with Gasteiger partial charge in [-0.3, -0.25) is 10.1 Å². The molecule has 0 radical (unpaired) electrons.